The molecule has 1 aromatic rings. The summed E-state index contributed by atoms with van der Waals surface area (Å²) in [5, 5.41) is 11.3. The fourth-order valence-corrected chi connectivity index (χ4v) is 4.73. The molecular weight excluding hydrogens is 304 g/mol. The van der Waals surface area contributed by atoms with Gasteiger partial charge in [-0.15, -0.1) is 0 Å². The molecule has 118 valence electrons. The van der Waals surface area contributed by atoms with Crippen LogP contribution >= 0.6 is 0 Å². The molecule has 2 aliphatic heterocycles. The van der Waals surface area contributed by atoms with Crippen LogP contribution in [0.1, 0.15) is 25.3 Å². The number of hydrogen-bond acceptors (Lipinski definition) is 4. The van der Waals surface area contributed by atoms with Gasteiger partial charge in [-0.25, -0.2) is 0 Å². The van der Waals surface area contributed by atoms with Gasteiger partial charge in [0.2, 0.25) is 11.8 Å². The molecule has 2 aliphatic rings. The normalized spacial score (nSPS) is 33.5. The maximum absolute atomic E-state index is 12.6. The highest BCUT2D eigenvalue weighted by atomic mass is 32.2. The molecule has 2 amide bonds. The van der Waals surface area contributed by atoms with Gasteiger partial charge in [0.05, 0.1) is 16.7 Å². The van der Waals surface area contributed by atoms with Crippen molar-refractivity contribution in [1.29, 1.82) is 0 Å². The average Bonchev–Trinajstić information content (AvgIpc) is 2.69. The number of nitrogens with one attached hydrogen (secondary N) is 1. The molecule has 0 radical (unpaired) electrons. The summed E-state index contributed by atoms with van der Waals surface area (Å²) in [7, 11) is -1.54. The Morgan fingerprint density at radius 2 is 1.95 bits per heavy atom. The quantitative estimate of drug-likeness (QED) is 0.774. The minimum Gasteiger partial charge on any atom is -0.370 e. The third-order valence-corrected chi connectivity index (χ3v) is 5.93. The van der Waals surface area contributed by atoms with Gasteiger partial charge < -0.3 is 10.4 Å². The lowest BCUT2D eigenvalue weighted by molar-refractivity contribution is -0.158. The van der Waals surface area contributed by atoms with Gasteiger partial charge in [0.15, 0.2) is 11.6 Å². The van der Waals surface area contributed by atoms with Crippen LogP contribution in [0.2, 0.25) is 0 Å². The van der Waals surface area contributed by atoms with Crippen molar-refractivity contribution in [2.45, 2.75) is 36.7 Å². The van der Waals surface area contributed by atoms with E-state index in [-0.39, 0.29) is 17.7 Å². The average molecular weight is 322 g/mol. The lowest BCUT2D eigenvalue weighted by Gasteiger charge is -2.42. The van der Waals surface area contributed by atoms with Gasteiger partial charge in [0, 0.05) is 5.92 Å². The molecule has 2 heterocycles. The molecule has 1 aromatic carbocycles. The van der Waals surface area contributed by atoms with Crippen LogP contribution in [-0.2, 0) is 20.4 Å². The monoisotopic (exact) mass is 322 g/mol. The van der Waals surface area contributed by atoms with Crippen molar-refractivity contribution >= 4 is 22.6 Å². The fourth-order valence-electron chi connectivity index (χ4n) is 2.84. The highest BCUT2D eigenvalue weighted by molar-refractivity contribution is 7.86. The molecule has 3 rings (SSSR count). The molecule has 2 saturated heterocycles. The molecule has 0 aromatic heterocycles. The summed E-state index contributed by atoms with van der Waals surface area (Å²) in [4.78, 5) is 25.3. The SMILES string of the molecule is CC(C)C(=O)NC1[C@H](O)N2C(=O)[C@@H](c3ccccc3)[C@H]2[S@]1=O. The number of carbonyl (C=O) groups excluding carboxylic acids is 2. The van der Waals surface area contributed by atoms with E-state index in [0.29, 0.717) is 0 Å². The van der Waals surface area contributed by atoms with Crippen molar-refractivity contribution in [3.05, 3.63) is 35.9 Å². The number of fused-ring (bicyclic) bond motifs is 1. The topological polar surface area (TPSA) is 86.7 Å². The molecule has 2 fully saturated rings. The van der Waals surface area contributed by atoms with Gasteiger partial charge in [-0.05, 0) is 5.56 Å². The van der Waals surface area contributed by atoms with Crippen LogP contribution in [0.4, 0.5) is 0 Å². The summed E-state index contributed by atoms with van der Waals surface area (Å²) >= 11 is 0. The van der Waals surface area contributed by atoms with Crippen molar-refractivity contribution in [3.63, 3.8) is 0 Å². The molecule has 1 unspecified atom stereocenters. The summed E-state index contributed by atoms with van der Waals surface area (Å²) in [6.07, 6.45) is -1.24. The highest BCUT2D eigenvalue weighted by Gasteiger charge is 2.62. The summed E-state index contributed by atoms with van der Waals surface area (Å²) in [5.74, 6) is -1.34. The van der Waals surface area contributed by atoms with Crippen LogP contribution < -0.4 is 5.32 Å². The van der Waals surface area contributed by atoms with E-state index in [1.165, 1.54) is 4.90 Å². The van der Waals surface area contributed by atoms with E-state index in [9.17, 15) is 18.9 Å². The van der Waals surface area contributed by atoms with E-state index in [0.717, 1.165) is 5.56 Å². The van der Waals surface area contributed by atoms with E-state index in [2.05, 4.69) is 5.32 Å². The molecular formula is C15H18N2O4S. The second kappa shape index (κ2) is 5.48. The largest absolute Gasteiger partial charge is 0.370 e. The fraction of sp³-hybridized carbons (Fsp3) is 0.467. The Morgan fingerprint density at radius 1 is 1.32 bits per heavy atom. The second-order valence-corrected chi connectivity index (χ2v) is 7.50. The molecule has 22 heavy (non-hydrogen) atoms. The number of nitrogens with zero attached hydrogens (tertiary/aromatic N) is 1. The lowest BCUT2D eigenvalue weighted by atomic mass is 9.90. The van der Waals surface area contributed by atoms with Gasteiger partial charge >= 0.3 is 0 Å². The van der Waals surface area contributed by atoms with E-state index in [1.54, 1.807) is 13.8 Å². The minimum atomic E-state index is -1.54. The molecule has 0 spiro atoms. The van der Waals surface area contributed by atoms with E-state index >= 15 is 0 Å². The number of β-lactam (4-membered cyclic amide) rings is 1. The second-order valence-electron chi connectivity index (χ2n) is 5.85. The first-order chi connectivity index (χ1) is 10.4. The first-order valence-electron chi connectivity index (χ1n) is 7.18. The zero-order chi connectivity index (χ0) is 16.0. The zero-order valence-electron chi connectivity index (χ0n) is 12.3. The number of rotatable bonds is 3. The minimum absolute atomic E-state index is 0.252. The highest BCUT2D eigenvalue weighted by Crippen LogP contribution is 2.44. The van der Waals surface area contributed by atoms with Crippen LogP contribution in [0, 0.1) is 5.92 Å². The van der Waals surface area contributed by atoms with Gasteiger partial charge in [-0.2, -0.15) is 0 Å². The predicted molar refractivity (Wildman–Crippen MR) is 80.7 cm³/mol. The van der Waals surface area contributed by atoms with E-state index in [1.807, 2.05) is 30.3 Å². The van der Waals surface area contributed by atoms with Crippen LogP contribution in [0.5, 0.6) is 0 Å². The third kappa shape index (κ3) is 2.16. The Hall–Kier alpha value is -1.73. The predicted octanol–water partition coefficient (Wildman–Crippen LogP) is 0.117. The number of amides is 2. The van der Waals surface area contributed by atoms with Crippen molar-refractivity contribution in [2.24, 2.45) is 5.92 Å². The van der Waals surface area contributed by atoms with E-state index < -0.39 is 33.7 Å². The van der Waals surface area contributed by atoms with Crippen molar-refractivity contribution in [3.8, 4) is 0 Å². The van der Waals surface area contributed by atoms with E-state index in [4.69, 9.17) is 0 Å². The summed E-state index contributed by atoms with van der Waals surface area (Å²) in [6.45, 7) is 3.43. The van der Waals surface area contributed by atoms with Gasteiger partial charge in [0.25, 0.3) is 0 Å². The maximum atomic E-state index is 12.6. The zero-order valence-corrected chi connectivity index (χ0v) is 13.1. The van der Waals surface area contributed by atoms with Crippen molar-refractivity contribution in [1.82, 2.24) is 10.2 Å². The third-order valence-electron chi connectivity index (χ3n) is 4.09. The van der Waals surface area contributed by atoms with Crippen molar-refractivity contribution < 1.29 is 18.9 Å². The van der Waals surface area contributed by atoms with Crippen molar-refractivity contribution in [2.75, 3.05) is 0 Å². The van der Waals surface area contributed by atoms with Gasteiger partial charge in [0.1, 0.15) is 5.37 Å². The van der Waals surface area contributed by atoms with Gasteiger partial charge in [-0.1, -0.05) is 44.2 Å². The molecule has 0 saturated carbocycles. The van der Waals surface area contributed by atoms with Crippen LogP contribution in [0.25, 0.3) is 0 Å². The number of aliphatic hydroxyl groups is 1. The van der Waals surface area contributed by atoms with Crippen LogP contribution in [-0.4, -0.2) is 43.0 Å². The molecule has 7 heteroatoms. The first-order valence-corrected chi connectivity index (χ1v) is 8.46. The number of benzene rings is 1. The van der Waals surface area contributed by atoms with Gasteiger partial charge in [-0.3, -0.25) is 18.7 Å². The summed E-state index contributed by atoms with van der Waals surface area (Å²) in [5.41, 5.74) is 0.783. The number of carbonyl (C=O) groups is 2. The lowest BCUT2D eigenvalue weighted by Crippen LogP contribution is -2.59. The van der Waals surface area contributed by atoms with Crippen LogP contribution in [0.3, 0.4) is 0 Å². The molecule has 6 nitrogen and oxygen atoms in total. The Labute approximate surface area is 131 Å². The number of aliphatic hydroxyl groups excluding tert-OH is 1. The Bertz CT molecular complexity index is 634. The van der Waals surface area contributed by atoms with Crippen LogP contribution in [0.15, 0.2) is 30.3 Å². The standard InChI is InChI=1S/C15H18N2O4S/c1-8(2)11(18)16-12-14(20)17-13(19)10(15(17)22(12)21)9-6-4-3-5-7-9/h3-8,10,12,14-15,20H,1-2H3,(H,16,18)/t10-,12?,14+,15-,22+/m1/s1. The molecule has 0 bridgehead atoms. The number of hydrogen-bond donors (Lipinski definition) is 2. The Kier molecular flexibility index (Phi) is 3.78. The first kappa shape index (κ1) is 15.2. The molecule has 0 aliphatic carbocycles. The molecule has 5 atom stereocenters. The summed E-state index contributed by atoms with van der Waals surface area (Å²) < 4.78 is 12.6. The maximum Gasteiger partial charge on any atom is 0.236 e. The Morgan fingerprint density at radius 3 is 2.55 bits per heavy atom. The Balaban J connectivity index is 1.83. The summed E-state index contributed by atoms with van der Waals surface area (Å²) in [6, 6.07) is 9.10. The smallest absolute Gasteiger partial charge is 0.236 e. The molecule has 2 N–H and O–H groups in total.